The van der Waals surface area contributed by atoms with Crippen molar-refractivity contribution in [1.82, 2.24) is 4.90 Å². The minimum atomic E-state index is -1.28. The average Bonchev–Trinajstić information content (AvgIpc) is 2.90. The zero-order chi connectivity index (χ0) is 14.2. The summed E-state index contributed by atoms with van der Waals surface area (Å²) in [5.41, 5.74) is 2.64. The molecule has 0 N–H and O–H groups in total. The summed E-state index contributed by atoms with van der Waals surface area (Å²) < 4.78 is 19.9. The lowest BCUT2D eigenvalue weighted by molar-refractivity contribution is -0.0602. The number of rotatable bonds is 3. The van der Waals surface area contributed by atoms with E-state index >= 15 is 0 Å². The van der Waals surface area contributed by atoms with E-state index in [4.69, 9.17) is 4.74 Å². The highest BCUT2D eigenvalue weighted by atomic mass is 19.1. The summed E-state index contributed by atoms with van der Waals surface area (Å²) in [6.07, 6.45) is 2.98. The van der Waals surface area contributed by atoms with Crippen molar-refractivity contribution >= 4 is 0 Å². The fourth-order valence-corrected chi connectivity index (χ4v) is 3.29. The summed E-state index contributed by atoms with van der Waals surface area (Å²) in [7, 11) is 0. The first kappa shape index (κ1) is 14.0. The molecule has 1 aromatic carbocycles. The largest absolute Gasteiger partial charge is 0.370 e. The van der Waals surface area contributed by atoms with Crippen LogP contribution in [-0.4, -0.2) is 29.8 Å². The molecule has 0 spiro atoms. The van der Waals surface area contributed by atoms with Crippen LogP contribution in [0.25, 0.3) is 0 Å². The van der Waals surface area contributed by atoms with E-state index in [-0.39, 0.29) is 6.10 Å². The number of hydrogen-bond acceptors (Lipinski definition) is 2. The van der Waals surface area contributed by atoms with Gasteiger partial charge in [0.25, 0.3) is 0 Å². The monoisotopic (exact) mass is 277 g/mol. The summed E-state index contributed by atoms with van der Waals surface area (Å²) in [4.78, 5) is 2.50. The molecular formula is C17H24FNO. The summed E-state index contributed by atoms with van der Waals surface area (Å²) in [6.45, 7) is 7.16. The molecule has 0 aliphatic carbocycles. The Bertz CT molecular complexity index is 474. The van der Waals surface area contributed by atoms with Crippen LogP contribution in [-0.2, 0) is 24.3 Å². The van der Waals surface area contributed by atoms with Crippen LogP contribution in [0.4, 0.5) is 4.39 Å². The number of fused-ring (bicyclic) bond motifs is 1. The number of halogens is 1. The quantitative estimate of drug-likeness (QED) is 0.839. The maximum atomic E-state index is 14.2. The lowest BCUT2D eigenvalue weighted by Crippen LogP contribution is -2.39. The van der Waals surface area contributed by atoms with Crippen LogP contribution >= 0.6 is 0 Å². The summed E-state index contributed by atoms with van der Waals surface area (Å²) in [5.74, 6) is 0. The number of likely N-dealkylation sites (tertiary alicyclic amines) is 1. The highest BCUT2D eigenvalue weighted by molar-refractivity contribution is 5.37. The number of benzene rings is 1. The first-order chi connectivity index (χ1) is 9.54. The highest BCUT2D eigenvalue weighted by Gasteiger charge is 2.34. The van der Waals surface area contributed by atoms with Gasteiger partial charge in [-0.05, 0) is 56.5 Å². The maximum absolute atomic E-state index is 14.2. The topological polar surface area (TPSA) is 12.5 Å². The molecule has 2 aliphatic rings. The molecule has 0 radical (unpaired) electrons. The third-order valence-electron chi connectivity index (χ3n) is 4.56. The van der Waals surface area contributed by atoms with E-state index in [9.17, 15) is 4.39 Å². The second kappa shape index (κ2) is 5.45. The summed E-state index contributed by atoms with van der Waals surface area (Å²) >= 11 is 0. The molecule has 1 saturated heterocycles. The molecule has 3 heteroatoms. The molecule has 2 nitrogen and oxygen atoms in total. The van der Waals surface area contributed by atoms with E-state index in [1.807, 2.05) is 0 Å². The van der Waals surface area contributed by atoms with E-state index in [2.05, 4.69) is 23.1 Å². The standard InChI is InChI=1S/C17H24FNO/c1-17(2,18)16-10-15-13(11-19-8-3-4-9-19)6-5-7-14(15)12-20-16/h5-7,16H,3-4,8-12H2,1-2H3. The molecule has 110 valence electrons. The molecule has 1 fully saturated rings. The van der Waals surface area contributed by atoms with Crippen molar-refractivity contribution in [1.29, 1.82) is 0 Å². The first-order valence-electron chi connectivity index (χ1n) is 7.66. The van der Waals surface area contributed by atoms with Crippen molar-refractivity contribution in [3.63, 3.8) is 0 Å². The van der Waals surface area contributed by atoms with Gasteiger partial charge in [0.1, 0.15) is 5.67 Å². The number of hydrogen-bond donors (Lipinski definition) is 0. The van der Waals surface area contributed by atoms with Crippen LogP contribution in [0.3, 0.4) is 0 Å². The summed E-state index contributed by atoms with van der Waals surface area (Å²) in [5, 5.41) is 0. The molecule has 1 aromatic rings. The Balaban J connectivity index is 1.82. The Morgan fingerprint density at radius 3 is 2.75 bits per heavy atom. The molecule has 0 bridgehead atoms. The van der Waals surface area contributed by atoms with Crippen LogP contribution in [0.15, 0.2) is 18.2 Å². The van der Waals surface area contributed by atoms with Crippen LogP contribution in [0.2, 0.25) is 0 Å². The second-order valence-corrected chi connectivity index (χ2v) is 6.61. The molecule has 0 amide bonds. The average molecular weight is 277 g/mol. The van der Waals surface area contributed by atoms with Gasteiger partial charge >= 0.3 is 0 Å². The van der Waals surface area contributed by atoms with Gasteiger partial charge in [-0.15, -0.1) is 0 Å². The third-order valence-corrected chi connectivity index (χ3v) is 4.56. The molecule has 1 atom stereocenters. The van der Waals surface area contributed by atoms with Crippen molar-refractivity contribution in [2.45, 2.75) is 58.0 Å². The molecule has 20 heavy (non-hydrogen) atoms. The minimum Gasteiger partial charge on any atom is -0.370 e. The van der Waals surface area contributed by atoms with Crippen molar-refractivity contribution in [3.05, 3.63) is 34.9 Å². The molecule has 3 rings (SSSR count). The number of nitrogens with zero attached hydrogens (tertiary/aromatic N) is 1. The van der Waals surface area contributed by atoms with Gasteiger partial charge < -0.3 is 4.74 Å². The van der Waals surface area contributed by atoms with Gasteiger partial charge in [0.15, 0.2) is 0 Å². The van der Waals surface area contributed by atoms with E-state index in [1.54, 1.807) is 13.8 Å². The Morgan fingerprint density at radius 2 is 2.05 bits per heavy atom. The minimum absolute atomic E-state index is 0.324. The van der Waals surface area contributed by atoms with Crippen LogP contribution < -0.4 is 0 Å². The Hall–Kier alpha value is -0.930. The van der Waals surface area contributed by atoms with Gasteiger partial charge in [-0.25, -0.2) is 4.39 Å². The summed E-state index contributed by atoms with van der Waals surface area (Å²) in [6, 6.07) is 6.42. The smallest absolute Gasteiger partial charge is 0.131 e. The molecule has 0 aromatic heterocycles. The fourth-order valence-electron chi connectivity index (χ4n) is 3.29. The van der Waals surface area contributed by atoms with Crippen molar-refractivity contribution < 1.29 is 9.13 Å². The SMILES string of the molecule is CC(C)(F)C1Cc2c(cccc2CN2CCCC2)CO1. The van der Waals surface area contributed by atoms with Crippen LogP contribution in [0.5, 0.6) is 0 Å². The van der Waals surface area contributed by atoms with Crippen molar-refractivity contribution in [2.24, 2.45) is 0 Å². The third kappa shape index (κ3) is 2.89. The van der Waals surface area contributed by atoms with Gasteiger partial charge in [-0.3, -0.25) is 4.90 Å². The second-order valence-electron chi connectivity index (χ2n) is 6.61. The van der Waals surface area contributed by atoms with Gasteiger partial charge in [-0.2, -0.15) is 0 Å². The van der Waals surface area contributed by atoms with Crippen LogP contribution in [0.1, 0.15) is 43.4 Å². The van der Waals surface area contributed by atoms with Crippen molar-refractivity contribution in [2.75, 3.05) is 13.1 Å². The lowest BCUT2D eigenvalue weighted by Gasteiger charge is -2.33. The zero-order valence-corrected chi connectivity index (χ0v) is 12.5. The molecule has 2 heterocycles. The van der Waals surface area contributed by atoms with Gasteiger partial charge in [-0.1, -0.05) is 18.2 Å². The van der Waals surface area contributed by atoms with E-state index in [0.717, 1.165) is 6.54 Å². The zero-order valence-electron chi connectivity index (χ0n) is 12.5. The Kier molecular flexibility index (Phi) is 3.83. The number of alkyl halides is 1. The molecule has 0 saturated carbocycles. The first-order valence-corrected chi connectivity index (χ1v) is 7.66. The molecular weight excluding hydrogens is 253 g/mol. The lowest BCUT2D eigenvalue weighted by atomic mass is 9.88. The molecule has 1 unspecified atom stereocenters. The predicted molar refractivity (Wildman–Crippen MR) is 78.4 cm³/mol. The Morgan fingerprint density at radius 1 is 1.30 bits per heavy atom. The number of ether oxygens (including phenoxy) is 1. The van der Waals surface area contributed by atoms with Crippen molar-refractivity contribution in [3.8, 4) is 0 Å². The normalized spacial score (nSPS) is 23.9. The van der Waals surface area contributed by atoms with Gasteiger partial charge in [0.2, 0.25) is 0 Å². The predicted octanol–water partition coefficient (Wildman–Crippen LogP) is 3.47. The molecule has 2 aliphatic heterocycles. The highest BCUT2D eigenvalue weighted by Crippen LogP contribution is 2.31. The van der Waals surface area contributed by atoms with Gasteiger partial charge in [0, 0.05) is 13.0 Å². The van der Waals surface area contributed by atoms with Crippen LogP contribution in [0, 0.1) is 0 Å². The van der Waals surface area contributed by atoms with E-state index in [0.29, 0.717) is 13.0 Å². The van der Waals surface area contributed by atoms with E-state index < -0.39 is 5.67 Å². The maximum Gasteiger partial charge on any atom is 0.131 e. The Labute approximate surface area is 120 Å². The van der Waals surface area contributed by atoms with Gasteiger partial charge in [0.05, 0.1) is 12.7 Å². The van der Waals surface area contributed by atoms with E-state index in [1.165, 1.54) is 42.6 Å². The fraction of sp³-hybridized carbons (Fsp3) is 0.647.